The number of rotatable bonds is 2. The normalized spacial score (nSPS) is 26.2. The van der Waals surface area contributed by atoms with Gasteiger partial charge in [0.2, 0.25) is 0 Å². The molecule has 0 radical (unpaired) electrons. The summed E-state index contributed by atoms with van der Waals surface area (Å²) in [6.45, 7) is 2.14. The molecule has 2 fully saturated rings. The minimum Gasteiger partial charge on any atom is -0.316 e. The lowest BCUT2D eigenvalue weighted by Crippen LogP contribution is -2.29. The van der Waals surface area contributed by atoms with Crippen LogP contribution in [0, 0.1) is 0 Å². The second kappa shape index (κ2) is 5.08. The van der Waals surface area contributed by atoms with Gasteiger partial charge in [0.15, 0.2) is 5.82 Å². The predicted molar refractivity (Wildman–Crippen MR) is 65.9 cm³/mol. The van der Waals surface area contributed by atoms with Crippen LogP contribution in [0.2, 0.25) is 0 Å². The van der Waals surface area contributed by atoms with Gasteiger partial charge >= 0.3 is 0 Å². The topological polar surface area (TPSA) is 50.7 Å². The highest BCUT2D eigenvalue weighted by molar-refractivity contribution is 5.08. The van der Waals surface area contributed by atoms with Crippen LogP contribution in [-0.2, 0) is 0 Å². The van der Waals surface area contributed by atoms with Crippen LogP contribution >= 0.6 is 0 Å². The second-order valence-corrected chi connectivity index (χ2v) is 5.26. The summed E-state index contributed by atoms with van der Waals surface area (Å²) in [6.07, 6.45) is 9.53. The summed E-state index contributed by atoms with van der Waals surface area (Å²) in [6, 6.07) is 0. The minimum atomic E-state index is 0.470. The molecule has 17 heavy (non-hydrogen) atoms. The van der Waals surface area contributed by atoms with Crippen molar-refractivity contribution in [3.05, 3.63) is 17.7 Å². The molecular formula is C13H20N4. The Kier molecular flexibility index (Phi) is 3.31. The lowest BCUT2D eigenvalue weighted by Gasteiger charge is -2.21. The van der Waals surface area contributed by atoms with E-state index >= 15 is 0 Å². The Morgan fingerprint density at radius 1 is 1.06 bits per heavy atom. The first kappa shape index (κ1) is 11.1. The van der Waals surface area contributed by atoms with E-state index in [9.17, 15) is 0 Å². The number of nitrogens with one attached hydrogen (secondary N) is 1. The smallest absolute Gasteiger partial charge is 0.155 e. The van der Waals surface area contributed by atoms with Gasteiger partial charge in [-0.2, -0.15) is 5.10 Å². The average Bonchev–Trinajstić information content (AvgIpc) is 2.94. The molecule has 0 amide bonds. The molecule has 1 aliphatic heterocycles. The lowest BCUT2D eigenvalue weighted by molar-refractivity contribution is 0.440. The Hall–Kier alpha value is -1.03. The van der Waals surface area contributed by atoms with E-state index in [1.165, 1.54) is 44.2 Å². The van der Waals surface area contributed by atoms with Crippen LogP contribution in [0.1, 0.15) is 61.9 Å². The predicted octanol–water partition coefficient (Wildman–Crippen LogP) is 2.00. The van der Waals surface area contributed by atoms with Crippen molar-refractivity contribution in [3.8, 4) is 0 Å². The Labute approximate surface area is 102 Å². The highest BCUT2D eigenvalue weighted by atomic mass is 15.2. The molecule has 4 heteroatoms. The molecule has 1 saturated heterocycles. The van der Waals surface area contributed by atoms with Crippen molar-refractivity contribution in [2.75, 3.05) is 13.1 Å². The highest BCUT2D eigenvalue weighted by Crippen LogP contribution is 2.33. The van der Waals surface area contributed by atoms with Gasteiger partial charge in [0.1, 0.15) is 0 Å². The van der Waals surface area contributed by atoms with Crippen LogP contribution in [0.15, 0.2) is 6.20 Å². The molecule has 0 bridgehead atoms. The molecule has 1 atom stereocenters. The maximum absolute atomic E-state index is 4.76. The molecule has 0 spiro atoms. The van der Waals surface area contributed by atoms with E-state index in [4.69, 9.17) is 4.98 Å². The van der Waals surface area contributed by atoms with Gasteiger partial charge in [-0.05, 0) is 32.2 Å². The lowest BCUT2D eigenvalue weighted by atomic mass is 9.98. The fourth-order valence-electron chi connectivity index (χ4n) is 2.99. The minimum absolute atomic E-state index is 0.470. The van der Waals surface area contributed by atoms with Gasteiger partial charge in [0.25, 0.3) is 0 Å². The maximum atomic E-state index is 4.76. The number of hydrogen-bond donors (Lipinski definition) is 1. The monoisotopic (exact) mass is 232 g/mol. The maximum Gasteiger partial charge on any atom is 0.155 e. The van der Waals surface area contributed by atoms with Gasteiger partial charge in [-0.15, -0.1) is 5.10 Å². The van der Waals surface area contributed by atoms with Crippen LogP contribution in [-0.4, -0.2) is 28.3 Å². The standard InChI is InChI=1S/C13H20N4/c1-2-5-10(4-1)12-9-15-17-13(16-12)11-6-3-7-14-8-11/h9-11,14H,1-8H2. The zero-order valence-corrected chi connectivity index (χ0v) is 10.2. The number of nitrogens with zero attached hydrogens (tertiary/aromatic N) is 3. The summed E-state index contributed by atoms with van der Waals surface area (Å²) < 4.78 is 0. The second-order valence-electron chi connectivity index (χ2n) is 5.26. The Morgan fingerprint density at radius 3 is 2.65 bits per heavy atom. The molecule has 0 aromatic carbocycles. The number of hydrogen-bond acceptors (Lipinski definition) is 4. The summed E-state index contributed by atoms with van der Waals surface area (Å²) in [4.78, 5) is 4.76. The molecule has 1 unspecified atom stereocenters. The summed E-state index contributed by atoms with van der Waals surface area (Å²) in [7, 11) is 0. The molecule has 1 aliphatic carbocycles. The summed E-state index contributed by atoms with van der Waals surface area (Å²) in [5.41, 5.74) is 1.18. The quantitative estimate of drug-likeness (QED) is 0.847. The third kappa shape index (κ3) is 2.46. The summed E-state index contributed by atoms with van der Waals surface area (Å²) in [5.74, 6) is 2.07. The van der Waals surface area contributed by atoms with E-state index < -0.39 is 0 Å². The van der Waals surface area contributed by atoms with Gasteiger partial charge < -0.3 is 5.32 Å². The highest BCUT2D eigenvalue weighted by Gasteiger charge is 2.22. The largest absolute Gasteiger partial charge is 0.316 e. The molecule has 1 aromatic rings. The van der Waals surface area contributed by atoms with Crippen LogP contribution in [0.3, 0.4) is 0 Å². The number of aromatic nitrogens is 3. The molecule has 1 N–H and O–H groups in total. The van der Waals surface area contributed by atoms with Gasteiger partial charge in [0.05, 0.1) is 11.9 Å². The van der Waals surface area contributed by atoms with Crippen LogP contribution in [0.25, 0.3) is 0 Å². The van der Waals surface area contributed by atoms with Gasteiger partial charge in [-0.1, -0.05) is 12.8 Å². The molecular weight excluding hydrogens is 212 g/mol. The van der Waals surface area contributed by atoms with Crippen molar-refractivity contribution in [3.63, 3.8) is 0 Å². The third-order valence-electron chi connectivity index (χ3n) is 4.03. The molecule has 2 heterocycles. The SMILES string of the molecule is c1nnc(C2CCCNC2)nc1C1CCCC1. The van der Waals surface area contributed by atoms with Crippen LogP contribution in [0.4, 0.5) is 0 Å². The van der Waals surface area contributed by atoms with Crippen molar-refractivity contribution in [2.45, 2.75) is 50.4 Å². The van der Waals surface area contributed by atoms with E-state index in [1.807, 2.05) is 6.20 Å². The van der Waals surface area contributed by atoms with Gasteiger partial charge in [-0.25, -0.2) is 4.98 Å². The van der Waals surface area contributed by atoms with E-state index in [2.05, 4.69) is 15.5 Å². The van der Waals surface area contributed by atoms with Crippen molar-refractivity contribution in [2.24, 2.45) is 0 Å². The zero-order chi connectivity index (χ0) is 11.5. The van der Waals surface area contributed by atoms with E-state index in [0.29, 0.717) is 11.8 Å². The van der Waals surface area contributed by atoms with E-state index in [-0.39, 0.29) is 0 Å². The fourth-order valence-corrected chi connectivity index (χ4v) is 2.99. The fraction of sp³-hybridized carbons (Fsp3) is 0.769. The number of piperidine rings is 1. The average molecular weight is 232 g/mol. The zero-order valence-electron chi connectivity index (χ0n) is 10.2. The first-order valence-corrected chi connectivity index (χ1v) is 6.84. The summed E-state index contributed by atoms with van der Waals surface area (Å²) >= 11 is 0. The van der Waals surface area contributed by atoms with Crippen molar-refractivity contribution < 1.29 is 0 Å². The first-order chi connectivity index (χ1) is 8.43. The van der Waals surface area contributed by atoms with E-state index in [1.54, 1.807) is 0 Å². The molecule has 92 valence electrons. The Bertz CT molecular complexity index is 367. The first-order valence-electron chi connectivity index (χ1n) is 6.84. The van der Waals surface area contributed by atoms with E-state index in [0.717, 1.165) is 18.9 Å². The van der Waals surface area contributed by atoms with Crippen molar-refractivity contribution in [1.82, 2.24) is 20.5 Å². The van der Waals surface area contributed by atoms with Crippen molar-refractivity contribution in [1.29, 1.82) is 0 Å². The molecule has 2 aliphatic rings. The van der Waals surface area contributed by atoms with Crippen LogP contribution in [0.5, 0.6) is 0 Å². The van der Waals surface area contributed by atoms with Gasteiger partial charge in [0, 0.05) is 18.4 Å². The molecule has 4 nitrogen and oxygen atoms in total. The van der Waals surface area contributed by atoms with Gasteiger partial charge in [-0.3, -0.25) is 0 Å². The molecule has 3 rings (SSSR count). The Balaban J connectivity index is 1.77. The third-order valence-corrected chi connectivity index (χ3v) is 4.03. The van der Waals surface area contributed by atoms with Crippen LogP contribution < -0.4 is 5.32 Å². The summed E-state index contributed by atoms with van der Waals surface area (Å²) in [5, 5.41) is 11.8. The molecule has 1 aromatic heterocycles. The molecule has 1 saturated carbocycles. The Morgan fingerprint density at radius 2 is 1.88 bits per heavy atom. The van der Waals surface area contributed by atoms with Crippen molar-refractivity contribution >= 4 is 0 Å².